The number of carbonyl (C=O) groups is 1. The number of hydrogen-bond donors (Lipinski definition) is 2. The second kappa shape index (κ2) is 7.10. The summed E-state index contributed by atoms with van der Waals surface area (Å²) in [7, 11) is 1.91. The van der Waals surface area contributed by atoms with Crippen LogP contribution in [0.1, 0.15) is 40.0 Å². The molecule has 5 nitrogen and oxygen atoms in total. The van der Waals surface area contributed by atoms with Crippen molar-refractivity contribution in [1.29, 1.82) is 0 Å². The molecule has 1 fully saturated rings. The number of piperidine rings is 1. The van der Waals surface area contributed by atoms with E-state index in [1.165, 1.54) is 0 Å². The molecule has 1 heterocycles. The van der Waals surface area contributed by atoms with Crippen molar-refractivity contribution >= 4 is 6.09 Å². The lowest BCUT2D eigenvalue weighted by atomic mass is 9.89. The van der Waals surface area contributed by atoms with Gasteiger partial charge in [0.1, 0.15) is 5.60 Å². The summed E-state index contributed by atoms with van der Waals surface area (Å²) in [5, 5.41) is 12.3. The number of aliphatic hydroxyl groups excluding tert-OH is 1. The van der Waals surface area contributed by atoms with Crippen molar-refractivity contribution in [2.75, 3.05) is 26.7 Å². The molecule has 0 aliphatic carbocycles. The van der Waals surface area contributed by atoms with Crippen molar-refractivity contribution < 1.29 is 14.6 Å². The molecule has 0 spiro atoms. The van der Waals surface area contributed by atoms with Crippen LogP contribution < -0.4 is 5.32 Å². The molecule has 0 unspecified atom stereocenters. The molecule has 2 atom stereocenters. The van der Waals surface area contributed by atoms with E-state index in [-0.39, 0.29) is 18.7 Å². The molecule has 0 aromatic carbocycles. The second-order valence-electron chi connectivity index (χ2n) is 6.24. The first kappa shape index (κ1) is 16.2. The molecule has 2 N–H and O–H groups in total. The summed E-state index contributed by atoms with van der Waals surface area (Å²) in [5.41, 5.74) is -0.447. The van der Waals surface area contributed by atoms with Crippen LogP contribution in [0, 0.1) is 5.92 Å². The quantitative estimate of drug-likeness (QED) is 0.816. The van der Waals surface area contributed by atoms with Gasteiger partial charge in [-0.1, -0.05) is 0 Å². The van der Waals surface area contributed by atoms with Crippen molar-refractivity contribution in [1.82, 2.24) is 10.2 Å². The highest BCUT2D eigenvalue weighted by molar-refractivity contribution is 5.68. The van der Waals surface area contributed by atoms with Crippen LogP contribution in [-0.2, 0) is 4.74 Å². The van der Waals surface area contributed by atoms with Crippen LogP contribution in [0.15, 0.2) is 0 Å². The topological polar surface area (TPSA) is 61.8 Å². The Morgan fingerprint density at radius 2 is 2.21 bits per heavy atom. The predicted molar refractivity (Wildman–Crippen MR) is 75.1 cm³/mol. The van der Waals surface area contributed by atoms with Gasteiger partial charge in [-0.25, -0.2) is 4.79 Å². The molecular weight excluding hydrogens is 244 g/mol. The van der Waals surface area contributed by atoms with Crippen LogP contribution in [0.3, 0.4) is 0 Å². The Morgan fingerprint density at radius 1 is 1.53 bits per heavy atom. The normalized spacial score (nSPS) is 22.2. The molecule has 112 valence electrons. The number of carbonyl (C=O) groups excluding carboxylic acids is 1. The lowest BCUT2D eigenvalue weighted by molar-refractivity contribution is 0.0140. The summed E-state index contributed by atoms with van der Waals surface area (Å²) in [6.45, 7) is 7.30. The minimum Gasteiger partial charge on any atom is -0.444 e. The first-order valence-electron chi connectivity index (χ1n) is 7.13. The van der Waals surface area contributed by atoms with E-state index in [1.807, 2.05) is 27.8 Å². The van der Waals surface area contributed by atoms with E-state index in [0.717, 1.165) is 25.8 Å². The first-order valence-corrected chi connectivity index (χ1v) is 7.13. The van der Waals surface area contributed by atoms with E-state index < -0.39 is 5.60 Å². The highest BCUT2D eigenvalue weighted by atomic mass is 16.6. The van der Waals surface area contributed by atoms with Crippen molar-refractivity contribution in [3.8, 4) is 0 Å². The van der Waals surface area contributed by atoms with Crippen molar-refractivity contribution in [2.45, 2.75) is 51.7 Å². The summed E-state index contributed by atoms with van der Waals surface area (Å²) in [5.74, 6) is 0.387. The van der Waals surface area contributed by atoms with Crippen LogP contribution in [0.4, 0.5) is 4.79 Å². The maximum Gasteiger partial charge on any atom is 0.410 e. The fraction of sp³-hybridized carbons (Fsp3) is 0.929. The zero-order chi connectivity index (χ0) is 14.5. The number of amides is 1. The summed E-state index contributed by atoms with van der Waals surface area (Å²) >= 11 is 0. The van der Waals surface area contributed by atoms with E-state index in [9.17, 15) is 4.79 Å². The largest absolute Gasteiger partial charge is 0.444 e. The van der Waals surface area contributed by atoms with E-state index >= 15 is 0 Å². The number of nitrogens with one attached hydrogen (secondary N) is 1. The standard InChI is InChI=1S/C14H28N2O3/c1-14(2,3)19-13(18)16-8-5-6-11(10-16)12(15-4)7-9-17/h11-12,15,17H,5-10H2,1-4H3/t11-,12+/m1/s1. The fourth-order valence-corrected chi connectivity index (χ4v) is 2.59. The number of aliphatic hydroxyl groups is 1. The van der Waals surface area contributed by atoms with E-state index in [2.05, 4.69) is 5.32 Å². The van der Waals surface area contributed by atoms with Crippen LogP contribution >= 0.6 is 0 Å². The molecule has 1 rings (SSSR count). The minimum atomic E-state index is -0.447. The molecule has 0 aromatic heterocycles. The van der Waals surface area contributed by atoms with Gasteiger partial charge in [-0.15, -0.1) is 0 Å². The van der Waals surface area contributed by atoms with E-state index in [4.69, 9.17) is 9.84 Å². The predicted octanol–water partition coefficient (Wildman–Crippen LogP) is 1.60. The number of rotatable bonds is 4. The third kappa shape index (κ3) is 5.37. The van der Waals surface area contributed by atoms with Gasteiger partial charge in [0.05, 0.1) is 0 Å². The SMILES string of the molecule is CN[C@@H](CCO)[C@@H]1CCCN(C(=O)OC(C)(C)C)C1. The Morgan fingerprint density at radius 3 is 2.74 bits per heavy atom. The molecule has 1 aliphatic rings. The zero-order valence-corrected chi connectivity index (χ0v) is 12.6. The fourth-order valence-electron chi connectivity index (χ4n) is 2.59. The van der Waals surface area contributed by atoms with Gasteiger partial charge >= 0.3 is 6.09 Å². The van der Waals surface area contributed by atoms with Crippen LogP contribution in [0.2, 0.25) is 0 Å². The van der Waals surface area contributed by atoms with Crippen molar-refractivity contribution in [3.05, 3.63) is 0 Å². The summed E-state index contributed by atoms with van der Waals surface area (Å²) in [6, 6.07) is 0.259. The molecule has 0 radical (unpaired) electrons. The maximum atomic E-state index is 12.1. The molecule has 1 aliphatic heterocycles. The Labute approximate surface area is 116 Å². The van der Waals surface area contributed by atoms with E-state index in [0.29, 0.717) is 12.5 Å². The van der Waals surface area contributed by atoms with Crippen LogP contribution in [0.25, 0.3) is 0 Å². The molecule has 1 amide bonds. The lowest BCUT2D eigenvalue weighted by Gasteiger charge is -2.37. The summed E-state index contributed by atoms with van der Waals surface area (Å²) in [6.07, 6.45) is 2.58. The number of hydrogen-bond acceptors (Lipinski definition) is 4. The molecule has 0 bridgehead atoms. The van der Waals surface area contributed by atoms with Crippen LogP contribution in [-0.4, -0.2) is 54.5 Å². The molecule has 5 heteroatoms. The number of nitrogens with zero attached hydrogens (tertiary/aromatic N) is 1. The smallest absolute Gasteiger partial charge is 0.410 e. The molecular formula is C14H28N2O3. The van der Waals surface area contributed by atoms with Gasteiger partial charge in [-0.05, 0) is 53.0 Å². The first-order chi connectivity index (χ1) is 8.87. The van der Waals surface area contributed by atoms with Gasteiger partial charge in [-0.2, -0.15) is 0 Å². The van der Waals surface area contributed by atoms with Gasteiger partial charge in [0, 0.05) is 25.7 Å². The van der Waals surface area contributed by atoms with Gasteiger partial charge < -0.3 is 20.1 Å². The van der Waals surface area contributed by atoms with Gasteiger partial charge in [-0.3, -0.25) is 0 Å². The third-order valence-electron chi connectivity index (χ3n) is 3.49. The Bertz CT molecular complexity index is 289. The summed E-state index contributed by atoms with van der Waals surface area (Å²) in [4.78, 5) is 13.9. The van der Waals surface area contributed by atoms with Crippen molar-refractivity contribution in [3.63, 3.8) is 0 Å². The Balaban J connectivity index is 2.56. The average Bonchev–Trinajstić information content (AvgIpc) is 2.34. The van der Waals surface area contributed by atoms with Gasteiger partial charge in [0.15, 0.2) is 0 Å². The third-order valence-corrected chi connectivity index (χ3v) is 3.49. The molecule has 1 saturated heterocycles. The summed E-state index contributed by atoms with van der Waals surface area (Å²) < 4.78 is 5.42. The number of likely N-dealkylation sites (tertiary alicyclic amines) is 1. The van der Waals surface area contributed by atoms with Gasteiger partial charge in [0.25, 0.3) is 0 Å². The Kier molecular flexibility index (Phi) is 6.07. The molecule has 0 saturated carbocycles. The maximum absolute atomic E-state index is 12.1. The highest BCUT2D eigenvalue weighted by Gasteiger charge is 2.30. The number of ether oxygens (including phenoxy) is 1. The highest BCUT2D eigenvalue weighted by Crippen LogP contribution is 2.23. The van der Waals surface area contributed by atoms with Crippen LogP contribution in [0.5, 0.6) is 0 Å². The zero-order valence-electron chi connectivity index (χ0n) is 12.6. The van der Waals surface area contributed by atoms with Gasteiger partial charge in [0.2, 0.25) is 0 Å². The minimum absolute atomic E-state index is 0.175. The monoisotopic (exact) mass is 272 g/mol. The van der Waals surface area contributed by atoms with E-state index in [1.54, 1.807) is 4.90 Å². The lowest BCUT2D eigenvalue weighted by Crippen LogP contribution is -2.48. The second-order valence-corrected chi connectivity index (χ2v) is 6.24. The van der Waals surface area contributed by atoms with Crippen molar-refractivity contribution in [2.24, 2.45) is 5.92 Å². The molecule has 0 aromatic rings. The molecule has 19 heavy (non-hydrogen) atoms. The average molecular weight is 272 g/mol. The Hall–Kier alpha value is -0.810.